The molecule has 0 atom stereocenters. The first-order chi connectivity index (χ1) is 9.79. The highest BCUT2D eigenvalue weighted by molar-refractivity contribution is 5.93. The molecule has 4 heteroatoms. The Bertz CT molecular complexity index is 721. The molecule has 0 bridgehead atoms. The van der Waals surface area contributed by atoms with Crippen LogP contribution in [-0.2, 0) is 4.79 Å². The summed E-state index contributed by atoms with van der Waals surface area (Å²) >= 11 is 0. The maximum atomic E-state index is 11.7. The van der Waals surface area contributed by atoms with Gasteiger partial charge in [-0.1, -0.05) is 24.3 Å². The number of hydrogen-bond donors (Lipinski definition) is 1. The first-order valence-electron chi connectivity index (χ1n) is 6.70. The van der Waals surface area contributed by atoms with Gasteiger partial charge in [0.25, 0.3) is 0 Å². The molecule has 1 aromatic heterocycles. The number of carbonyl (C=O) groups excluding carboxylic acids is 1. The van der Waals surface area contributed by atoms with Gasteiger partial charge in [0.15, 0.2) is 0 Å². The van der Waals surface area contributed by atoms with Crippen LogP contribution < -0.4 is 0 Å². The Labute approximate surface area is 117 Å². The molecule has 1 aromatic carbocycles. The van der Waals surface area contributed by atoms with Crippen molar-refractivity contribution in [3.05, 3.63) is 42.1 Å². The SMILES string of the molecule is N#CCC(=O)N1CC=C(c2c[nH]c3ccccc23)CC1. The molecule has 1 aliphatic heterocycles. The van der Waals surface area contributed by atoms with Gasteiger partial charge in [-0.3, -0.25) is 4.79 Å². The molecule has 4 nitrogen and oxygen atoms in total. The third kappa shape index (κ3) is 2.19. The van der Waals surface area contributed by atoms with Crippen molar-refractivity contribution in [3.63, 3.8) is 0 Å². The first kappa shape index (κ1) is 12.5. The molecule has 0 saturated heterocycles. The normalized spacial score (nSPS) is 14.9. The second-order valence-electron chi connectivity index (χ2n) is 4.90. The minimum Gasteiger partial charge on any atom is -0.361 e. The number of aromatic amines is 1. The van der Waals surface area contributed by atoms with E-state index in [1.807, 2.05) is 24.4 Å². The fraction of sp³-hybridized carbons (Fsp3) is 0.250. The number of para-hydroxylation sites is 1. The van der Waals surface area contributed by atoms with Gasteiger partial charge in [-0.05, 0) is 18.1 Å². The summed E-state index contributed by atoms with van der Waals surface area (Å²) in [6.45, 7) is 1.28. The highest BCUT2D eigenvalue weighted by atomic mass is 16.2. The molecule has 1 amide bonds. The Morgan fingerprint density at radius 1 is 1.40 bits per heavy atom. The minimum atomic E-state index is -0.0817. The fourth-order valence-electron chi connectivity index (χ4n) is 2.66. The van der Waals surface area contributed by atoms with E-state index < -0.39 is 0 Å². The van der Waals surface area contributed by atoms with Crippen LogP contribution in [0.25, 0.3) is 16.5 Å². The molecule has 20 heavy (non-hydrogen) atoms. The lowest BCUT2D eigenvalue weighted by Crippen LogP contribution is -2.34. The van der Waals surface area contributed by atoms with E-state index in [0.29, 0.717) is 13.1 Å². The topological polar surface area (TPSA) is 59.9 Å². The summed E-state index contributed by atoms with van der Waals surface area (Å²) < 4.78 is 0. The van der Waals surface area contributed by atoms with Gasteiger partial charge in [-0.2, -0.15) is 5.26 Å². The van der Waals surface area contributed by atoms with E-state index in [4.69, 9.17) is 5.26 Å². The number of carbonyl (C=O) groups is 1. The first-order valence-corrected chi connectivity index (χ1v) is 6.70. The summed E-state index contributed by atoms with van der Waals surface area (Å²) in [4.78, 5) is 16.7. The Kier molecular flexibility index (Phi) is 3.26. The Morgan fingerprint density at radius 3 is 3.00 bits per heavy atom. The van der Waals surface area contributed by atoms with E-state index in [1.54, 1.807) is 4.90 Å². The van der Waals surface area contributed by atoms with E-state index in [-0.39, 0.29) is 12.3 Å². The van der Waals surface area contributed by atoms with Crippen molar-refractivity contribution in [2.24, 2.45) is 0 Å². The molecule has 0 unspecified atom stereocenters. The summed E-state index contributed by atoms with van der Waals surface area (Å²) in [6, 6.07) is 10.1. The zero-order chi connectivity index (χ0) is 13.9. The molecule has 0 saturated carbocycles. The van der Waals surface area contributed by atoms with Gasteiger partial charge < -0.3 is 9.88 Å². The predicted molar refractivity (Wildman–Crippen MR) is 77.7 cm³/mol. The lowest BCUT2D eigenvalue weighted by Gasteiger charge is -2.25. The van der Waals surface area contributed by atoms with Gasteiger partial charge >= 0.3 is 0 Å². The summed E-state index contributed by atoms with van der Waals surface area (Å²) in [7, 11) is 0. The lowest BCUT2D eigenvalue weighted by atomic mass is 9.99. The standard InChI is InChI=1S/C16H15N3O/c17-8-5-16(20)19-9-6-12(7-10-19)14-11-18-15-4-2-1-3-13(14)15/h1-4,6,11,18H,5,7,9-10H2. The average molecular weight is 265 g/mol. The molecule has 1 N–H and O–H groups in total. The Hall–Kier alpha value is -2.54. The van der Waals surface area contributed by atoms with Crippen molar-refractivity contribution in [1.29, 1.82) is 5.26 Å². The molecule has 0 spiro atoms. The summed E-state index contributed by atoms with van der Waals surface area (Å²) in [5.41, 5.74) is 3.61. The monoisotopic (exact) mass is 265 g/mol. The number of nitrogens with one attached hydrogen (secondary N) is 1. The van der Waals surface area contributed by atoms with E-state index in [2.05, 4.69) is 23.2 Å². The molecule has 3 rings (SSSR count). The smallest absolute Gasteiger partial charge is 0.237 e. The number of amides is 1. The zero-order valence-electron chi connectivity index (χ0n) is 11.1. The van der Waals surface area contributed by atoms with Crippen LogP contribution in [0.3, 0.4) is 0 Å². The van der Waals surface area contributed by atoms with Crippen molar-refractivity contribution < 1.29 is 4.79 Å². The quantitative estimate of drug-likeness (QED) is 0.907. The van der Waals surface area contributed by atoms with E-state index in [1.165, 1.54) is 16.5 Å². The van der Waals surface area contributed by atoms with E-state index in [9.17, 15) is 4.79 Å². The fourth-order valence-corrected chi connectivity index (χ4v) is 2.66. The molecule has 100 valence electrons. The van der Waals surface area contributed by atoms with Gasteiger partial charge in [0.05, 0.1) is 6.07 Å². The van der Waals surface area contributed by atoms with Crippen LogP contribution in [-0.4, -0.2) is 28.9 Å². The molecule has 1 aliphatic rings. The summed E-state index contributed by atoms with van der Waals surface area (Å²) in [5.74, 6) is -0.0817. The van der Waals surface area contributed by atoms with Crippen molar-refractivity contribution >= 4 is 22.4 Å². The number of hydrogen-bond acceptors (Lipinski definition) is 2. The van der Waals surface area contributed by atoms with Gasteiger partial charge in [-0.25, -0.2) is 0 Å². The van der Waals surface area contributed by atoms with Gasteiger partial charge in [0.1, 0.15) is 6.42 Å². The third-order valence-electron chi connectivity index (χ3n) is 3.73. The number of H-pyrrole nitrogens is 1. The highest BCUT2D eigenvalue weighted by Gasteiger charge is 2.18. The molecule has 0 radical (unpaired) electrons. The van der Waals surface area contributed by atoms with Crippen LogP contribution in [0.2, 0.25) is 0 Å². The minimum absolute atomic E-state index is 0.0315. The second kappa shape index (κ2) is 5.22. The van der Waals surface area contributed by atoms with Gasteiger partial charge in [0.2, 0.25) is 5.91 Å². The molecular formula is C16H15N3O. The average Bonchev–Trinajstić information content (AvgIpc) is 2.92. The van der Waals surface area contributed by atoms with E-state index in [0.717, 1.165) is 11.9 Å². The van der Waals surface area contributed by atoms with E-state index >= 15 is 0 Å². The number of benzene rings is 1. The molecule has 0 aliphatic carbocycles. The Balaban J connectivity index is 1.83. The largest absolute Gasteiger partial charge is 0.361 e. The lowest BCUT2D eigenvalue weighted by molar-refractivity contribution is -0.129. The molecule has 2 heterocycles. The summed E-state index contributed by atoms with van der Waals surface area (Å²) in [6.07, 6.45) is 4.92. The number of nitriles is 1. The van der Waals surface area contributed by atoms with Crippen LogP contribution in [0, 0.1) is 11.3 Å². The van der Waals surface area contributed by atoms with Crippen molar-refractivity contribution in [2.45, 2.75) is 12.8 Å². The maximum absolute atomic E-state index is 11.7. The van der Waals surface area contributed by atoms with Crippen LogP contribution in [0.1, 0.15) is 18.4 Å². The van der Waals surface area contributed by atoms with Gasteiger partial charge in [0, 0.05) is 35.8 Å². The number of nitrogens with zero attached hydrogens (tertiary/aromatic N) is 2. The maximum Gasteiger partial charge on any atom is 0.237 e. The molecular weight excluding hydrogens is 250 g/mol. The number of aromatic nitrogens is 1. The van der Waals surface area contributed by atoms with Crippen molar-refractivity contribution in [2.75, 3.05) is 13.1 Å². The third-order valence-corrected chi connectivity index (χ3v) is 3.73. The number of fused-ring (bicyclic) bond motifs is 1. The van der Waals surface area contributed by atoms with Crippen LogP contribution >= 0.6 is 0 Å². The zero-order valence-corrected chi connectivity index (χ0v) is 11.1. The highest BCUT2D eigenvalue weighted by Crippen LogP contribution is 2.29. The predicted octanol–water partition coefficient (Wildman–Crippen LogP) is 2.70. The van der Waals surface area contributed by atoms with Crippen LogP contribution in [0.5, 0.6) is 0 Å². The van der Waals surface area contributed by atoms with Crippen molar-refractivity contribution in [1.82, 2.24) is 9.88 Å². The van der Waals surface area contributed by atoms with Gasteiger partial charge in [-0.15, -0.1) is 0 Å². The number of rotatable bonds is 2. The van der Waals surface area contributed by atoms with Crippen LogP contribution in [0.15, 0.2) is 36.5 Å². The molecule has 0 fully saturated rings. The Morgan fingerprint density at radius 2 is 2.25 bits per heavy atom. The van der Waals surface area contributed by atoms with Crippen LogP contribution in [0.4, 0.5) is 0 Å². The second-order valence-corrected chi connectivity index (χ2v) is 4.90. The summed E-state index contributed by atoms with van der Waals surface area (Å²) in [5, 5.41) is 9.79. The van der Waals surface area contributed by atoms with Crippen molar-refractivity contribution in [3.8, 4) is 6.07 Å². The molecule has 2 aromatic rings.